The third-order valence-electron chi connectivity index (χ3n) is 0. The van der Waals surface area contributed by atoms with Gasteiger partial charge < -0.3 is 0 Å². The van der Waals surface area contributed by atoms with Crippen molar-refractivity contribution in [2.24, 2.45) is 0 Å². The maximum Gasteiger partial charge on any atom is 0.187 e. The van der Waals surface area contributed by atoms with Gasteiger partial charge in [-0.2, -0.15) is 0 Å². The van der Waals surface area contributed by atoms with Crippen molar-refractivity contribution in [1.82, 2.24) is 0 Å². The zero-order chi connectivity index (χ0) is 0. The largest absolute Gasteiger partial charge is 0.187 e. The van der Waals surface area contributed by atoms with Crippen LogP contribution in [0.5, 0.6) is 0 Å². The molecule has 28 valence electrons. The van der Waals surface area contributed by atoms with E-state index in [1.807, 2.05) is 0 Å². The van der Waals surface area contributed by atoms with Gasteiger partial charge in [-0.15, -0.1) is 0 Å². The molecule has 0 N–H and O–H groups in total. The second kappa shape index (κ2) is 51.4. The molecule has 0 nitrogen and oxygen atoms in total. The van der Waals surface area contributed by atoms with Crippen molar-refractivity contribution in [3.05, 3.63) is 0 Å². The van der Waals surface area contributed by atoms with Gasteiger partial charge in [-0.05, 0) is 0 Å². The topological polar surface area (TPSA) is 0 Å². The summed E-state index contributed by atoms with van der Waals surface area (Å²) in [5.74, 6) is 0. The van der Waals surface area contributed by atoms with Crippen LogP contribution in [0.25, 0.3) is 0 Å². The molecule has 0 rings (SSSR count). The van der Waals surface area contributed by atoms with Crippen LogP contribution in [-0.2, 0) is 0 Å². The Morgan fingerprint density at radius 3 is 0.250 bits per heavy atom. The van der Waals surface area contributed by atoms with Crippen LogP contribution >= 0.6 is 0 Å². The van der Waals surface area contributed by atoms with Crippen LogP contribution < -0.4 is 0 Å². The molecule has 8 heteroatoms. The minimum Gasteiger partial charge on any atom is 0 e. The molecule has 0 saturated heterocycles. The molecule has 0 atom stereocenters. The van der Waals surface area contributed by atoms with Crippen LogP contribution in [0.1, 0.15) is 0 Å². The molecular weight excluding hydrogens is 200 g/mol. The van der Waals surface area contributed by atoms with Crippen molar-refractivity contribution in [2.45, 2.75) is 0 Å². The van der Waals surface area contributed by atoms with Crippen molar-refractivity contribution < 1.29 is 0 Å². The molecule has 4 radical (unpaired) electrons. The standard InChI is InChI=1S/4Al.4Na.12H. The van der Waals surface area contributed by atoms with Crippen molar-refractivity contribution in [3.8, 4) is 0 Å². The van der Waals surface area contributed by atoms with Crippen LogP contribution in [0.4, 0.5) is 0 Å². The van der Waals surface area contributed by atoms with Crippen LogP contribution in [0.3, 0.4) is 0 Å². The molecule has 0 unspecified atom stereocenters. The van der Waals surface area contributed by atoms with E-state index in [1.165, 1.54) is 0 Å². The van der Waals surface area contributed by atoms with Crippen LogP contribution in [0.2, 0.25) is 0 Å². The van der Waals surface area contributed by atoms with Crippen LogP contribution in [0, 0.1) is 0 Å². The molecule has 0 aromatic heterocycles. The fourth-order valence-corrected chi connectivity index (χ4v) is 0. The molecule has 0 aliphatic carbocycles. The normalized spacial score (nSPS) is 0. The zero-order valence-corrected chi connectivity index (χ0v) is 12.0. The predicted molar refractivity (Wildman–Crippen MR) is 62.8 cm³/mol. The molecule has 8 heavy (non-hydrogen) atoms. The molecule has 0 fully saturated rings. The fraction of sp³-hybridized carbons (Fsp3) is 0. The van der Waals surface area contributed by atoms with Gasteiger partial charge in [0.1, 0.15) is 0 Å². The summed E-state index contributed by atoms with van der Waals surface area (Å²) in [6, 6.07) is 0. The average molecular weight is 212 g/mol. The van der Waals surface area contributed by atoms with Gasteiger partial charge in [-0.25, -0.2) is 0 Å². The Labute approximate surface area is 183 Å². The van der Waals surface area contributed by atoms with Gasteiger partial charge in [-0.3, -0.25) is 0 Å². The summed E-state index contributed by atoms with van der Waals surface area (Å²) in [5, 5.41) is 0. The Balaban J connectivity index is 0. The number of hydrogen-bond donors (Lipinski definition) is 0. The smallest absolute Gasteiger partial charge is 0 e. The average Bonchev–Trinajstić information content (AvgIpc) is 0. The van der Waals surface area contributed by atoms with E-state index >= 15 is 0 Å². The Morgan fingerprint density at radius 2 is 0.250 bits per heavy atom. The zero-order valence-electron chi connectivity index (χ0n) is 4.00. The minimum atomic E-state index is 0. The monoisotopic (exact) mass is 212 g/mol. The first-order valence-corrected chi connectivity index (χ1v) is 0. The fourth-order valence-electron chi connectivity index (χ4n) is 0. The summed E-state index contributed by atoms with van der Waals surface area (Å²) in [5.41, 5.74) is 0. The van der Waals surface area contributed by atoms with E-state index in [0.717, 1.165) is 0 Å². The molecule has 0 aliphatic rings. The quantitative estimate of drug-likeness (QED) is 0.350. The second-order valence-corrected chi connectivity index (χ2v) is 0. The molecule has 0 heterocycles. The SMILES string of the molecule is [AlH3].[AlH3].[AlH3].[AlH3].[Na].[Na].[Na].[Na]. The van der Waals surface area contributed by atoms with Gasteiger partial charge in [0.25, 0.3) is 0 Å². The summed E-state index contributed by atoms with van der Waals surface area (Å²) in [7, 11) is 0. The predicted octanol–water partition coefficient (Wildman–Crippen LogP) is -6.26. The molecule has 0 saturated carbocycles. The van der Waals surface area contributed by atoms with Gasteiger partial charge >= 0.3 is 0 Å². The molecule has 0 spiro atoms. The van der Waals surface area contributed by atoms with E-state index in [4.69, 9.17) is 0 Å². The van der Waals surface area contributed by atoms with Gasteiger partial charge in [0.2, 0.25) is 0 Å². The van der Waals surface area contributed by atoms with Gasteiger partial charge in [0.05, 0.1) is 0 Å². The Kier molecular flexibility index (Phi) is 417. The summed E-state index contributed by atoms with van der Waals surface area (Å²) in [4.78, 5) is 0. The maximum atomic E-state index is 0. The Hall–Kier alpha value is 6.13. The molecule has 0 amide bonds. The van der Waals surface area contributed by atoms with E-state index < -0.39 is 0 Å². The first-order valence-electron chi connectivity index (χ1n) is 0. The molecular formula is H12Al4Na4. The van der Waals surface area contributed by atoms with E-state index in [0.29, 0.717) is 0 Å². The summed E-state index contributed by atoms with van der Waals surface area (Å²) in [6.45, 7) is 0. The Bertz CT molecular complexity index is 8.00. The maximum absolute atomic E-state index is 0. The van der Waals surface area contributed by atoms with Crippen molar-refractivity contribution in [2.75, 3.05) is 0 Å². The summed E-state index contributed by atoms with van der Waals surface area (Å²) < 4.78 is 0. The van der Waals surface area contributed by atoms with E-state index in [2.05, 4.69) is 0 Å². The molecule has 0 aliphatic heterocycles. The van der Waals surface area contributed by atoms with Gasteiger partial charge in [0.15, 0.2) is 69.4 Å². The molecule has 0 bridgehead atoms. The number of hydrogen-bond acceptors (Lipinski definition) is 0. The summed E-state index contributed by atoms with van der Waals surface area (Å²) in [6.07, 6.45) is 0. The number of rotatable bonds is 0. The molecule has 0 aromatic carbocycles. The van der Waals surface area contributed by atoms with Crippen molar-refractivity contribution in [1.29, 1.82) is 0 Å². The minimum absolute atomic E-state index is 0. The van der Waals surface area contributed by atoms with Crippen molar-refractivity contribution >= 4 is 188 Å². The second-order valence-electron chi connectivity index (χ2n) is 0. The Morgan fingerprint density at radius 1 is 0.250 bits per heavy atom. The third kappa shape index (κ3) is 40.0. The van der Waals surface area contributed by atoms with Crippen molar-refractivity contribution in [3.63, 3.8) is 0 Å². The third-order valence-corrected chi connectivity index (χ3v) is 0. The first kappa shape index (κ1) is 64.8. The van der Waals surface area contributed by atoms with E-state index in [-0.39, 0.29) is 188 Å². The summed E-state index contributed by atoms with van der Waals surface area (Å²) >= 11 is 0. The van der Waals surface area contributed by atoms with Crippen LogP contribution in [-0.4, -0.2) is 188 Å². The van der Waals surface area contributed by atoms with Gasteiger partial charge in [-0.1, -0.05) is 0 Å². The van der Waals surface area contributed by atoms with Gasteiger partial charge in [0, 0.05) is 118 Å². The first-order chi connectivity index (χ1) is 0. The molecule has 0 aromatic rings. The van der Waals surface area contributed by atoms with Crippen LogP contribution in [0.15, 0.2) is 0 Å². The van der Waals surface area contributed by atoms with E-state index in [9.17, 15) is 0 Å². The van der Waals surface area contributed by atoms with E-state index in [1.54, 1.807) is 0 Å².